The molecule has 0 aliphatic carbocycles. The molecule has 134 valence electrons. The van der Waals surface area contributed by atoms with Crippen LogP contribution in [-0.4, -0.2) is 33.8 Å². The van der Waals surface area contributed by atoms with Crippen LogP contribution in [0.1, 0.15) is 12.5 Å². The van der Waals surface area contributed by atoms with E-state index >= 15 is 0 Å². The molecule has 0 fully saturated rings. The number of rotatable bonds is 7. The number of aromatic nitrogens is 1. The number of hydrogen-bond donors (Lipinski definition) is 2. The number of carboxylic acid groups (broad SMARTS) is 1. The van der Waals surface area contributed by atoms with E-state index in [9.17, 15) is 15.0 Å². The molecule has 6 heteroatoms. The van der Waals surface area contributed by atoms with Crippen LogP contribution in [0.3, 0.4) is 0 Å². The van der Waals surface area contributed by atoms with Gasteiger partial charge in [-0.2, -0.15) is 4.98 Å². The Bertz CT molecular complexity index is 859. The molecule has 0 aliphatic heterocycles. The van der Waals surface area contributed by atoms with E-state index in [1.807, 2.05) is 37.3 Å². The quantitative estimate of drug-likeness (QED) is 0.676. The van der Waals surface area contributed by atoms with Gasteiger partial charge in [0.25, 0.3) is 0 Å². The molecule has 2 N–H and O–H groups in total. The van der Waals surface area contributed by atoms with Gasteiger partial charge in [-0.3, -0.25) is 0 Å². The molecule has 0 amide bonds. The van der Waals surface area contributed by atoms with E-state index < -0.39 is 12.0 Å². The van der Waals surface area contributed by atoms with Crippen LogP contribution >= 0.6 is 0 Å². The molecule has 3 aromatic rings. The van der Waals surface area contributed by atoms with E-state index in [2.05, 4.69) is 4.98 Å². The van der Waals surface area contributed by atoms with Gasteiger partial charge in [0.1, 0.15) is 18.1 Å². The highest BCUT2D eigenvalue weighted by Crippen LogP contribution is 2.25. The van der Waals surface area contributed by atoms with Crippen molar-refractivity contribution in [1.82, 2.24) is 4.98 Å². The molecular formula is C20H20N2O4. The monoisotopic (exact) mass is 352 g/mol. The molecule has 1 heterocycles. The van der Waals surface area contributed by atoms with Crippen molar-refractivity contribution < 1.29 is 19.4 Å². The summed E-state index contributed by atoms with van der Waals surface area (Å²) < 4.78 is 5.55. The summed E-state index contributed by atoms with van der Waals surface area (Å²) in [5.74, 6) is 0.145. The smallest absolute Gasteiger partial charge is 0.326 e. The lowest BCUT2D eigenvalue weighted by Gasteiger charge is -2.27. The number of phenols is 1. The highest BCUT2D eigenvalue weighted by atomic mass is 16.4. The van der Waals surface area contributed by atoms with Gasteiger partial charge in [-0.25, -0.2) is 4.79 Å². The topological polar surface area (TPSA) is 86.8 Å². The lowest BCUT2D eigenvalue weighted by atomic mass is 10.0. The molecule has 1 atom stereocenters. The Balaban J connectivity index is 1.86. The maximum absolute atomic E-state index is 11.9. The molecule has 0 spiro atoms. The number of hydrogen-bond acceptors (Lipinski definition) is 5. The third-order valence-corrected chi connectivity index (χ3v) is 4.17. The maximum atomic E-state index is 11.9. The van der Waals surface area contributed by atoms with E-state index in [-0.39, 0.29) is 12.2 Å². The summed E-state index contributed by atoms with van der Waals surface area (Å²) in [6.45, 7) is 2.35. The zero-order chi connectivity index (χ0) is 18.5. The number of nitrogens with zero attached hydrogens (tertiary/aromatic N) is 2. The highest BCUT2D eigenvalue weighted by Gasteiger charge is 2.27. The van der Waals surface area contributed by atoms with Crippen molar-refractivity contribution in [1.29, 1.82) is 0 Å². The Kier molecular flexibility index (Phi) is 5.22. The largest absolute Gasteiger partial charge is 0.508 e. The van der Waals surface area contributed by atoms with E-state index in [4.69, 9.17) is 4.42 Å². The molecule has 2 aromatic carbocycles. The number of phenolic OH excluding ortho intramolecular Hbond substituents is 1. The lowest BCUT2D eigenvalue weighted by molar-refractivity contribution is -0.138. The molecule has 0 radical (unpaired) electrons. The number of anilines is 1. The Hall–Kier alpha value is -3.28. The third-order valence-electron chi connectivity index (χ3n) is 4.17. The molecule has 6 nitrogen and oxygen atoms in total. The van der Waals surface area contributed by atoms with Crippen molar-refractivity contribution in [3.05, 3.63) is 66.4 Å². The van der Waals surface area contributed by atoms with Gasteiger partial charge >= 0.3 is 5.97 Å². The fourth-order valence-electron chi connectivity index (χ4n) is 2.84. The molecule has 0 unspecified atom stereocenters. The van der Waals surface area contributed by atoms with Crippen LogP contribution in [0.4, 0.5) is 5.82 Å². The minimum absolute atomic E-state index is 0.150. The van der Waals surface area contributed by atoms with Crippen molar-refractivity contribution in [3.8, 4) is 17.2 Å². The molecule has 26 heavy (non-hydrogen) atoms. The minimum atomic E-state index is -0.941. The summed E-state index contributed by atoms with van der Waals surface area (Å²) in [7, 11) is 0. The Morgan fingerprint density at radius 1 is 1.15 bits per heavy atom. The van der Waals surface area contributed by atoms with Gasteiger partial charge in [-0.15, -0.1) is 0 Å². The van der Waals surface area contributed by atoms with E-state index in [1.54, 1.807) is 29.2 Å². The van der Waals surface area contributed by atoms with Crippen LogP contribution in [0.2, 0.25) is 0 Å². The third kappa shape index (κ3) is 3.85. The molecule has 0 saturated carbocycles. The normalized spacial score (nSPS) is 11.9. The van der Waals surface area contributed by atoms with Crippen molar-refractivity contribution in [2.75, 3.05) is 11.4 Å². The van der Waals surface area contributed by atoms with Crippen LogP contribution in [0, 0.1) is 0 Å². The molecule has 0 aliphatic rings. The number of carbonyl (C=O) groups is 1. The molecule has 1 aromatic heterocycles. The fraction of sp³-hybridized carbons (Fsp3) is 0.200. The number of aromatic hydroxyl groups is 1. The van der Waals surface area contributed by atoms with Crippen molar-refractivity contribution in [3.63, 3.8) is 0 Å². The van der Waals surface area contributed by atoms with Crippen LogP contribution in [-0.2, 0) is 11.2 Å². The average molecular weight is 352 g/mol. The summed E-state index contributed by atoms with van der Waals surface area (Å²) >= 11 is 0. The summed E-state index contributed by atoms with van der Waals surface area (Å²) in [4.78, 5) is 18.0. The van der Waals surface area contributed by atoms with E-state index in [0.29, 0.717) is 18.3 Å². The van der Waals surface area contributed by atoms with E-state index in [0.717, 1.165) is 11.1 Å². The number of likely N-dealkylation sites (N-methyl/N-ethyl adjacent to an activating group) is 1. The summed E-state index contributed by atoms with van der Waals surface area (Å²) in [6, 6.07) is 15.2. The zero-order valence-electron chi connectivity index (χ0n) is 14.4. The SMILES string of the molecule is CCN(c1coc(-c2ccccc2)n1)[C@@H](Cc1ccc(O)cc1)C(=O)O. The van der Waals surface area contributed by atoms with Crippen molar-refractivity contribution in [2.45, 2.75) is 19.4 Å². The average Bonchev–Trinajstić information content (AvgIpc) is 3.13. The first kappa shape index (κ1) is 17.5. The number of aliphatic carboxylic acids is 1. The van der Waals surface area contributed by atoms with Crippen molar-refractivity contribution >= 4 is 11.8 Å². The second kappa shape index (κ2) is 7.74. The van der Waals surface area contributed by atoms with E-state index in [1.165, 1.54) is 6.26 Å². The molecule has 0 bridgehead atoms. The van der Waals surface area contributed by atoms with Crippen LogP contribution in [0.5, 0.6) is 5.75 Å². The Morgan fingerprint density at radius 2 is 1.85 bits per heavy atom. The first-order valence-electron chi connectivity index (χ1n) is 8.36. The second-order valence-corrected chi connectivity index (χ2v) is 5.89. The Labute approximate surface area is 151 Å². The number of carboxylic acids is 1. The van der Waals surface area contributed by atoms with Gasteiger partial charge in [0.15, 0.2) is 5.82 Å². The van der Waals surface area contributed by atoms with Crippen LogP contribution < -0.4 is 4.90 Å². The van der Waals surface area contributed by atoms with Gasteiger partial charge in [-0.05, 0) is 36.8 Å². The standard InChI is InChI=1S/C20H20N2O4/c1-2-22(17(20(24)25)12-14-8-10-16(23)11-9-14)18-13-26-19(21-18)15-6-4-3-5-7-15/h3-11,13,17,23H,2,12H2,1H3,(H,24,25)/t17-/m0/s1. The lowest BCUT2D eigenvalue weighted by Crippen LogP contribution is -2.43. The molecule has 0 saturated heterocycles. The van der Waals surface area contributed by atoms with Gasteiger partial charge in [0, 0.05) is 18.5 Å². The van der Waals surface area contributed by atoms with Gasteiger partial charge in [-0.1, -0.05) is 30.3 Å². The zero-order valence-corrected chi connectivity index (χ0v) is 14.4. The summed E-state index contributed by atoms with van der Waals surface area (Å²) in [5, 5.41) is 19.1. The minimum Gasteiger partial charge on any atom is -0.508 e. The Morgan fingerprint density at radius 3 is 2.46 bits per heavy atom. The van der Waals surface area contributed by atoms with Gasteiger partial charge in [0.2, 0.25) is 5.89 Å². The fourth-order valence-corrected chi connectivity index (χ4v) is 2.84. The number of oxazole rings is 1. The van der Waals surface area contributed by atoms with Crippen LogP contribution in [0.15, 0.2) is 65.3 Å². The summed E-state index contributed by atoms with van der Waals surface area (Å²) in [5.41, 5.74) is 1.65. The summed E-state index contributed by atoms with van der Waals surface area (Å²) in [6.07, 6.45) is 1.77. The molecular weight excluding hydrogens is 332 g/mol. The highest BCUT2D eigenvalue weighted by molar-refractivity contribution is 5.78. The predicted octanol–water partition coefficient (Wildman–Crippen LogP) is 3.57. The predicted molar refractivity (Wildman–Crippen MR) is 98.2 cm³/mol. The van der Waals surface area contributed by atoms with Gasteiger partial charge < -0.3 is 19.5 Å². The number of benzene rings is 2. The van der Waals surface area contributed by atoms with Crippen LogP contribution in [0.25, 0.3) is 11.5 Å². The molecule has 3 rings (SSSR count). The maximum Gasteiger partial charge on any atom is 0.326 e. The van der Waals surface area contributed by atoms with Gasteiger partial charge in [0.05, 0.1) is 0 Å². The first-order valence-corrected chi connectivity index (χ1v) is 8.36. The van der Waals surface area contributed by atoms with Crippen molar-refractivity contribution in [2.24, 2.45) is 0 Å². The second-order valence-electron chi connectivity index (χ2n) is 5.89. The first-order chi connectivity index (χ1) is 12.6.